The molecular weight excluding hydrogens is 197 g/mol. The summed E-state index contributed by atoms with van der Waals surface area (Å²) < 4.78 is 12.9. The molecule has 0 aliphatic carbocycles. The summed E-state index contributed by atoms with van der Waals surface area (Å²) in [5, 5.41) is 9.41. The van der Waals surface area contributed by atoms with Crippen molar-refractivity contribution < 1.29 is 14.3 Å². The fourth-order valence-electron chi connectivity index (χ4n) is 1.51. The Bertz CT molecular complexity index is 546. The first kappa shape index (κ1) is 9.58. The number of aryl methyl sites for hydroxylation is 1. The third-order valence-electron chi connectivity index (χ3n) is 2.13. The molecule has 0 saturated heterocycles. The number of halogens is 1. The lowest BCUT2D eigenvalue weighted by atomic mass is 10.1. The average molecular weight is 205 g/mol. The largest absolute Gasteiger partial charge is 0.478 e. The van der Waals surface area contributed by atoms with E-state index in [0.29, 0.717) is 16.6 Å². The molecule has 1 aromatic heterocycles. The zero-order valence-corrected chi connectivity index (χ0v) is 7.99. The molecule has 1 heterocycles. The summed E-state index contributed by atoms with van der Waals surface area (Å²) in [5.41, 5.74) is 1.08. The van der Waals surface area contributed by atoms with Gasteiger partial charge in [-0.1, -0.05) is 0 Å². The van der Waals surface area contributed by atoms with Crippen LogP contribution in [0.1, 0.15) is 16.1 Å². The fraction of sp³-hybridized carbons (Fsp3) is 0.0909. The smallest absolute Gasteiger partial charge is 0.336 e. The zero-order valence-electron chi connectivity index (χ0n) is 7.99. The van der Waals surface area contributed by atoms with E-state index in [4.69, 9.17) is 5.11 Å². The number of hydrogen-bond donors (Lipinski definition) is 1. The average Bonchev–Trinajstić information content (AvgIpc) is 2.15. The number of rotatable bonds is 1. The Morgan fingerprint density at radius 1 is 1.40 bits per heavy atom. The molecule has 76 valence electrons. The number of aromatic carboxylic acids is 1. The molecule has 0 atom stereocenters. The van der Waals surface area contributed by atoms with Crippen molar-refractivity contribution in [3.63, 3.8) is 0 Å². The van der Waals surface area contributed by atoms with Gasteiger partial charge in [0, 0.05) is 17.1 Å². The van der Waals surface area contributed by atoms with E-state index < -0.39 is 11.8 Å². The SMILES string of the molecule is Cc1cc(C(=O)O)c2ccc(F)cc2n1. The molecule has 4 heteroatoms. The maximum Gasteiger partial charge on any atom is 0.336 e. The van der Waals surface area contributed by atoms with Gasteiger partial charge in [-0.3, -0.25) is 4.98 Å². The van der Waals surface area contributed by atoms with E-state index in [0.717, 1.165) is 0 Å². The highest BCUT2D eigenvalue weighted by Crippen LogP contribution is 2.19. The summed E-state index contributed by atoms with van der Waals surface area (Å²) in [6.45, 7) is 1.68. The van der Waals surface area contributed by atoms with Gasteiger partial charge in [0.25, 0.3) is 0 Å². The van der Waals surface area contributed by atoms with Crippen LogP contribution in [0, 0.1) is 12.7 Å². The molecule has 3 nitrogen and oxygen atoms in total. The van der Waals surface area contributed by atoms with Crippen LogP contribution in [0.15, 0.2) is 24.3 Å². The molecule has 0 aliphatic heterocycles. The van der Waals surface area contributed by atoms with Gasteiger partial charge in [-0.2, -0.15) is 0 Å². The number of benzene rings is 1. The topological polar surface area (TPSA) is 50.2 Å². The van der Waals surface area contributed by atoms with Crippen LogP contribution in [-0.2, 0) is 0 Å². The molecule has 0 unspecified atom stereocenters. The summed E-state index contributed by atoms with van der Waals surface area (Å²) in [7, 11) is 0. The van der Waals surface area contributed by atoms with Crippen molar-refractivity contribution in [1.82, 2.24) is 4.98 Å². The van der Waals surface area contributed by atoms with E-state index in [1.165, 1.54) is 24.3 Å². The molecule has 0 fully saturated rings. The van der Waals surface area contributed by atoms with Gasteiger partial charge in [-0.25, -0.2) is 9.18 Å². The molecule has 15 heavy (non-hydrogen) atoms. The maximum absolute atomic E-state index is 12.9. The van der Waals surface area contributed by atoms with E-state index in [2.05, 4.69) is 4.98 Å². The summed E-state index contributed by atoms with van der Waals surface area (Å²) in [6, 6.07) is 5.36. The van der Waals surface area contributed by atoms with Crippen LogP contribution in [0.4, 0.5) is 4.39 Å². The minimum absolute atomic E-state index is 0.150. The number of hydrogen-bond acceptors (Lipinski definition) is 2. The number of aromatic nitrogens is 1. The first-order chi connectivity index (χ1) is 7.08. The number of fused-ring (bicyclic) bond motifs is 1. The Morgan fingerprint density at radius 2 is 2.13 bits per heavy atom. The number of carboxylic acids is 1. The van der Waals surface area contributed by atoms with E-state index in [1.54, 1.807) is 6.92 Å². The minimum Gasteiger partial charge on any atom is -0.478 e. The predicted octanol–water partition coefficient (Wildman–Crippen LogP) is 2.38. The minimum atomic E-state index is -1.03. The molecule has 0 bridgehead atoms. The Kier molecular flexibility index (Phi) is 2.11. The normalized spacial score (nSPS) is 10.5. The van der Waals surface area contributed by atoms with Crippen molar-refractivity contribution >= 4 is 16.9 Å². The van der Waals surface area contributed by atoms with Crippen LogP contribution < -0.4 is 0 Å². The van der Waals surface area contributed by atoms with Crippen molar-refractivity contribution in [2.75, 3.05) is 0 Å². The second-order valence-corrected chi connectivity index (χ2v) is 3.28. The van der Waals surface area contributed by atoms with Gasteiger partial charge in [-0.15, -0.1) is 0 Å². The lowest BCUT2D eigenvalue weighted by Crippen LogP contribution is -2.00. The predicted molar refractivity (Wildman–Crippen MR) is 53.4 cm³/mol. The number of nitrogens with zero attached hydrogens (tertiary/aromatic N) is 1. The van der Waals surface area contributed by atoms with E-state index >= 15 is 0 Å². The number of carboxylic acid groups (broad SMARTS) is 1. The summed E-state index contributed by atoms with van der Waals surface area (Å²) in [5.74, 6) is -1.45. The van der Waals surface area contributed by atoms with Crippen molar-refractivity contribution in [3.8, 4) is 0 Å². The molecule has 1 aromatic carbocycles. The van der Waals surface area contributed by atoms with Crippen molar-refractivity contribution in [2.24, 2.45) is 0 Å². The molecule has 0 radical (unpaired) electrons. The van der Waals surface area contributed by atoms with Gasteiger partial charge in [0.15, 0.2) is 0 Å². The molecule has 0 aliphatic rings. The lowest BCUT2D eigenvalue weighted by molar-refractivity contribution is 0.0699. The zero-order chi connectivity index (χ0) is 11.0. The molecule has 1 N–H and O–H groups in total. The van der Waals surface area contributed by atoms with E-state index in [1.807, 2.05) is 0 Å². The van der Waals surface area contributed by atoms with Gasteiger partial charge in [0.2, 0.25) is 0 Å². The quantitative estimate of drug-likeness (QED) is 0.777. The van der Waals surface area contributed by atoms with Gasteiger partial charge in [0.1, 0.15) is 5.82 Å². The fourth-order valence-corrected chi connectivity index (χ4v) is 1.51. The van der Waals surface area contributed by atoms with Gasteiger partial charge < -0.3 is 5.11 Å². The van der Waals surface area contributed by atoms with Gasteiger partial charge in [-0.05, 0) is 25.1 Å². The second-order valence-electron chi connectivity index (χ2n) is 3.28. The molecule has 0 saturated carbocycles. The standard InChI is InChI=1S/C11H8FNO2/c1-6-4-9(11(14)15)8-3-2-7(12)5-10(8)13-6/h2-5H,1H3,(H,14,15). The third-order valence-corrected chi connectivity index (χ3v) is 2.13. The maximum atomic E-state index is 12.9. The highest BCUT2D eigenvalue weighted by atomic mass is 19.1. The van der Waals surface area contributed by atoms with Crippen molar-refractivity contribution in [1.29, 1.82) is 0 Å². The van der Waals surface area contributed by atoms with Crippen molar-refractivity contribution in [2.45, 2.75) is 6.92 Å². The first-order valence-corrected chi connectivity index (χ1v) is 4.38. The molecule has 2 aromatic rings. The van der Waals surface area contributed by atoms with E-state index in [9.17, 15) is 9.18 Å². The molecular formula is C11H8FNO2. The molecule has 0 amide bonds. The second kappa shape index (κ2) is 3.31. The highest BCUT2D eigenvalue weighted by Gasteiger charge is 2.10. The molecule has 2 rings (SSSR count). The summed E-state index contributed by atoms with van der Waals surface area (Å²) in [6.07, 6.45) is 0. The van der Waals surface area contributed by atoms with Gasteiger partial charge in [0.05, 0.1) is 11.1 Å². The number of carbonyl (C=O) groups is 1. The highest BCUT2D eigenvalue weighted by molar-refractivity contribution is 6.02. The van der Waals surface area contributed by atoms with Crippen molar-refractivity contribution in [3.05, 3.63) is 41.3 Å². The first-order valence-electron chi connectivity index (χ1n) is 4.38. The Balaban J connectivity index is 2.86. The van der Waals surface area contributed by atoms with Crippen LogP contribution in [0.2, 0.25) is 0 Å². The van der Waals surface area contributed by atoms with E-state index in [-0.39, 0.29) is 5.56 Å². The Hall–Kier alpha value is -1.97. The lowest BCUT2D eigenvalue weighted by Gasteiger charge is -2.03. The van der Waals surface area contributed by atoms with Crippen LogP contribution in [0.5, 0.6) is 0 Å². The monoisotopic (exact) mass is 205 g/mol. The Morgan fingerprint density at radius 3 is 2.80 bits per heavy atom. The summed E-state index contributed by atoms with van der Waals surface area (Å²) >= 11 is 0. The van der Waals surface area contributed by atoms with Gasteiger partial charge >= 0.3 is 5.97 Å². The van der Waals surface area contributed by atoms with Crippen LogP contribution in [0.3, 0.4) is 0 Å². The van der Waals surface area contributed by atoms with Crippen LogP contribution in [0.25, 0.3) is 10.9 Å². The van der Waals surface area contributed by atoms with Crippen LogP contribution >= 0.6 is 0 Å². The summed E-state index contributed by atoms with van der Waals surface area (Å²) in [4.78, 5) is 15.0. The van der Waals surface area contributed by atoms with Crippen LogP contribution in [-0.4, -0.2) is 16.1 Å². The third kappa shape index (κ3) is 1.66. The molecule has 0 spiro atoms. The Labute approximate surface area is 85.2 Å². The number of pyridine rings is 1.